The number of carbonyl (C=O) groups is 3. The van der Waals surface area contributed by atoms with Crippen LogP contribution in [0.15, 0.2) is 24.3 Å². The number of rotatable bonds is 2. The zero-order chi connectivity index (χ0) is 11.7. The Morgan fingerprint density at radius 1 is 1.31 bits per heavy atom. The molecule has 6 heteroatoms. The van der Waals surface area contributed by atoms with Crippen LogP contribution in [-0.4, -0.2) is 29.4 Å². The maximum atomic E-state index is 11.4. The van der Waals surface area contributed by atoms with E-state index in [4.69, 9.17) is 5.11 Å². The molecule has 1 N–H and O–H groups in total. The first-order valence-electron chi connectivity index (χ1n) is 4.48. The number of carboxylic acid groups (broad SMARTS) is 1. The quantitative estimate of drug-likeness (QED) is 0.702. The van der Waals surface area contributed by atoms with Crippen molar-refractivity contribution in [1.82, 2.24) is 5.32 Å². The van der Waals surface area contributed by atoms with Gasteiger partial charge >= 0.3 is 17.8 Å². The van der Waals surface area contributed by atoms with Crippen molar-refractivity contribution in [2.45, 2.75) is 0 Å². The summed E-state index contributed by atoms with van der Waals surface area (Å²) in [7, 11) is 0. The molecule has 1 heterocycles. The molecule has 0 aromatic heterocycles. The van der Waals surface area contributed by atoms with Crippen molar-refractivity contribution in [2.24, 2.45) is 0 Å². The monoisotopic (exact) mass is 219 g/mol. The van der Waals surface area contributed by atoms with Crippen LogP contribution in [0.2, 0.25) is 0 Å². The molecule has 0 atom stereocenters. The van der Waals surface area contributed by atoms with Crippen molar-refractivity contribution in [3.63, 3.8) is 0 Å². The third-order valence-corrected chi connectivity index (χ3v) is 2.12. The molecule has 0 saturated heterocycles. The highest BCUT2D eigenvalue weighted by atomic mass is 16.4. The van der Waals surface area contributed by atoms with Gasteiger partial charge in [-0.1, -0.05) is 12.1 Å². The largest absolute Gasteiger partial charge is 0.480 e. The molecule has 0 bridgehead atoms. The molecule has 2 rings (SSSR count). The first-order chi connectivity index (χ1) is 7.59. The molecule has 1 aliphatic heterocycles. The number of carbonyl (C=O) groups excluding carboxylic acids is 2. The Kier molecular flexibility index (Phi) is 2.32. The summed E-state index contributed by atoms with van der Waals surface area (Å²) in [6.07, 6.45) is 0. The van der Waals surface area contributed by atoms with Crippen molar-refractivity contribution >= 4 is 29.2 Å². The number of amides is 2. The molecule has 2 amide bonds. The normalized spacial score (nSPS) is 14.4. The average Bonchev–Trinajstić information content (AvgIpc) is 2.24. The highest BCUT2D eigenvalue weighted by molar-refractivity contribution is 6.43. The average molecular weight is 219 g/mol. The molecule has 1 radical (unpaired) electrons. The second kappa shape index (κ2) is 3.65. The summed E-state index contributed by atoms with van der Waals surface area (Å²) in [6, 6.07) is 6.40. The van der Waals surface area contributed by atoms with Crippen molar-refractivity contribution in [2.75, 3.05) is 11.4 Å². The fourth-order valence-electron chi connectivity index (χ4n) is 1.46. The molecule has 1 aromatic carbocycles. The lowest BCUT2D eigenvalue weighted by molar-refractivity contribution is -0.140. The smallest absolute Gasteiger partial charge is 0.336 e. The van der Waals surface area contributed by atoms with Crippen LogP contribution in [0.5, 0.6) is 0 Å². The SMILES string of the molecule is O=C(O)CN1C(=O)C(=O)[N]c2ccccc21. The summed E-state index contributed by atoms with van der Waals surface area (Å²) in [6.45, 7) is -0.545. The number of para-hydroxylation sites is 2. The number of benzene rings is 1. The van der Waals surface area contributed by atoms with Crippen molar-refractivity contribution < 1.29 is 19.5 Å². The van der Waals surface area contributed by atoms with E-state index in [1.165, 1.54) is 0 Å². The molecule has 0 unspecified atom stereocenters. The van der Waals surface area contributed by atoms with E-state index in [-0.39, 0.29) is 0 Å². The van der Waals surface area contributed by atoms with Gasteiger partial charge < -0.3 is 5.11 Å². The van der Waals surface area contributed by atoms with Gasteiger partial charge in [-0.2, -0.15) is 0 Å². The van der Waals surface area contributed by atoms with E-state index < -0.39 is 24.3 Å². The summed E-state index contributed by atoms with van der Waals surface area (Å²) in [4.78, 5) is 34.1. The minimum absolute atomic E-state index is 0.313. The Labute approximate surface area is 90.5 Å². The number of nitrogens with zero attached hydrogens (tertiary/aromatic N) is 2. The Balaban J connectivity index is 2.45. The lowest BCUT2D eigenvalue weighted by atomic mass is 10.2. The molecule has 16 heavy (non-hydrogen) atoms. The topological polar surface area (TPSA) is 88.8 Å². The van der Waals surface area contributed by atoms with E-state index in [0.29, 0.717) is 11.4 Å². The van der Waals surface area contributed by atoms with Gasteiger partial charge in [0, 0.05) is 0 Å². The van der Waals surface area contributed by atoms with Crippen LogP contribution in [0.25, 0.3) is 0 Å². The maximum Gasteiger partial charge on any atom is 0.336 e. The van der Waals surface area contributed by atoms with Gasteiger partial charge in [0.15, 0.2) is 0 Å². The Morgan fingerprint density at radius 2 is 2.00 bits per heavy atom. The Morgan fingerprint density at radius 3 is 2.69 bits per heavy atom. The van der Waals surface area contributed by atoms with Gasteiger partial charge in [-0.25, -0.2) is 5.32 Å². The van der Waals surface area contributed by atoms with Crippen LogP contribution < -0.4 is 10.2 Å². The van der Waals surface area contributed by atoms with Gasteiger partial charge in [0.25, 0.3) is 0 Å². The minimum Gasteiger partial charge on any atom is -0.480 e. The number of fused-ring (bicyclic) bond motifs is 1. The van der Waals surface area contributed by atoms with E-state index in [1.807, 2.05) is 0 Å². The Bertz CT molecular complexity index is 483. The predicted octanol–water partition coefficient (Wildman–Crippen LogP) is -0.120. The molecule has 1 aromatic rings. The fourth-order valence-corrected chi connectivity index (χ4v) is 1.46. The predicted molar refractivity (Wildman–Crippen MR) is 53.2 cm³/mol. The summed E-state index contributed by atoms with van der Waals surface area (Å²) >= 11 is 0. The van der Waals surface area contributed by atoms with Crippen molar-refractivity contribution in [3.05, 3.63) is 24.3 Å². The molecule has 0 saturated carbocycles. The van der Waals surface area contributed by atoms with E-state index in [1.54, 1.807) is 24.3 Å². The van der Waals surface area contributed by atoms with E-state index in [0.717, 1.165) is 4.90 Å². The second-order valence-electron chi connectivity index (χ2n) is 3.19. The first-order valence-corrected chi connectivity index (χ1v) is 4.48. The van der Waals surface area contributed by atoms with Crippen LogP contribution in [-0.2, 0) is 14.4 Å². The minimum atomic E-state index is -1.18. The van der Waals surface area contributed by atoms with Gasteiger partial charge in [0.05, 0.1) is 11.4 Å². The molecule has 0 fully saturated rings. The molecule has 0 spiro atoms. The number of anilines is 1. The van der Waals surface area contributed by atoms with Crippen LogP contribution >= 0.6 is 0 Å². The summed E-state index contributed by atoms with van der Waals surface area (Å²) in [5.41, 5.74) is 0.655. The van der Waals surface area contributed by atoms with Crippen LogP contribution in [0.4, 0.5) is 11.4 Å². The van der Waals surface area contributed by atoms with Crippen molar-refractivity contribution in [3.8, 4) is 0 Å². The Hall–Kier alpha value is -2.37. The third kappa shape index (κ3) is 1.60. The fraction of sp³-hybridized carbons (Fsp3) is 0.100. The highest BCUT2D eigenvalue weighted by Gasteiger charge is 2.33. The van der Waals surface area contributed by atoms with Crippen LogP contribution in [0.1, 0.15) is 0 Å². The first kappa shape index (κ1) is 10.2. The van der Waals surface area contributed by atoms with Gasteiger partial charge in [-0.05, 0) is 12.1 Å². The summed E-state index contributed by atoms with van der Waals surface area (Å²) < 4.78 is 0. The summed E-state index contributed by atoms with van der Waals surface area (Å²) in [5.74, 6) is -3.04. The lowest BCUT2D eigenvalue weighted by Crippen LogP contribution is -2.46. The molecule has 81 valence electrons. The maximum absolute atomic E-state index is 11.4. The van der Waals surface area contributed by atoms with Gasteiger partial charge in [-0.15, -0.1) is 0 Å². The van der Waals surface area contributed by atoms with E-state index in [2.05, 4.69) is 5.32 Å². The van der Waals surface area contributed by atoms with Crippen LogP contribution in [0, 0.1) is 0 Å². The molecular formula is C10H7N2O4. The van der Waals surface area contributed by atoms with Crippen molar-refractivity contribution in [1.29, 1.82) is 0 Å². The molecule has 6 nitrogen and oxygen atoms in total. The number of hydrogen-bond donors (Lipinski definition) is 1. The van der Waals surface area contributed by atoms with Gasteiger partial charge in [0.2, 0.25) is 0 Å². The second-order valence-corrected chi connectivity index (χ2v) is 3.19. The zero-order valence-corrected chi connectivity index (χ0v) is 8.08. The molecule has 1 aliphatic rings. The number of aliphatic carboxylic acids is 1. The van der Waals surface area contributed by atoms with E-state index >= 15 is 0 Å². The number of carboxylic acids is 1. The zero-order valence-electron chi connectivity index (χ0n) is 8.08. The van der Waals surface area contributed by atoms with E-state index in [9.17, 15) is 14.4 Å². The molecular weight excluding hydrogens is 212 g/mol. The third-order valence-electron chi connectivity index (χ3n) is 2.12. The van der Waals surface area contributed by atoms with Crippen LogP contribution in [0.3, 0.4) is 0 Å². The van der Waals surface area contributed by atoms with Gasteiger partial charge in [0.1, 0.15) is 6.54 Å². The highest BCUT2D eigenvalue weighted by Crippen LogP contribution is 2.29. The summed E-state index contributed by atoms with van der Waals surface area (Å²) in [5, 5.41) is 12.2. The standard InChI is InChI=1S/C10H7N2O4/c13-8(14)5-12-7-4-2-1-3-6(7)11-9(15)10(12)16/h1-4H,5H2,(H,13,14). The number of hydrogen-bond acceptors (Lipinski definition) is 3. The van der Waals surface area contributed by atoms with Gasteiger partial charge in [-0.3, -0.25) is 19.3 Å². The lowest BCUT2D eigenvalue weighted by Gasteiger charge is -2.25. The molecule has 0 aliphatic carbocycles.